The highest BCUT2D eigenvalue weighted by Gasteiger charge is 2.07. The second kappa shape index (κ2) is 12.8. The Bertz CT molecular complexity index is 1760. The lowest BCUT2D eigenvalue weighted by molar-refractivity contribution is 1.54. The van der Waals surface area contributed by atoms with Crippen molar-refractivity contribution in [3.63, 3.8) is 0 Å². The zero-order valence-corrected chi connectivity index (χ0v) is 23.5. The Labute approximate surface area is 249 Å². The lowest BCUT2D eigenvalue weighted by Gasteiger charge is -2.11. The van der Waals surface area contributed by atoms with Gasteiger partial charge in [0.2, 0.25) is 0 Å². The fourth-order valence-electron chi connectivity index (χ4n) is 5.20. The molecule has 6 rings (SSSR count). The van der Waals surface area contributed by atoms with Crippen molar-refractivity contribution in [2.45, 2.75) is 0 Å². The summed E-state index contributed by atoms with van der Waals surface area (Å²) >= 11 is 0. The maximum Gasteiger partial charge on any atom is -0.0105 e. The molecular formula is C42H32. The average Bonchev–Trinajstić information content (AvgIpc) is 3.08. The molecule has 0 aromatic heterocycles. The fourth-order valence-corrected chi connectivity index (χ4v) is 5.20. The second-order valence-corrected chi connectivity index (χ2v) is 10.3. The summed E-state index contributed by atoms with van der Waals surface area (Å²) in [6.45, 7) is 3.89. The van der Waals surface area contributed by atoms with Gasteiger partial charge in [-0.05, 0) is 73.4 Å². The molecule has 0 spiro atoms. The van der Waals surface area contributed by atoms with Gasteiger partial charge in [-0.15, -0.1) is 0 Å². The molecule has 42 heavy (non-hydrogen) atoms. The van der Waals surface area contributed by atoms with Crippen LogP contribution in [0.15, 0.2) is 170 Å². The third-order valence-electron chi connectivity index (χ3n) is 7.49. The molecular weight excluding hydrogens is 504 g/mol. The summed E-state index contributed by atoms with van der Waals surface area (Å²) < 4.78 is 0. The van der Waals surface area contributed by atoms with Gasteiger partial charge in [0.15, 0.2) is 0 Å². The van der Waals surface area contributed by atoms with Gasteiger partial charge in [0, 0.05) is 0 Å². The Morgan fingerprint density at radius 1 is 0.333 bits per heavy atom. The minimum atomic E-state index is 1.12. The topological polar surface area (TPSA) is 0 Å². The van der Waals surface area contributed by atoms with Crippen LogP contribution in [-0.2, 0) is 0 Å². The van der Waals surface area contributed by atoms with Crippen molar-refractivity contribution in [3.05, 3.63) is 209 Å². The molecule has 0 N–H and O–H groups in total. The molecule has 6 aromatic rings. The van der Waals surface area contributed by atoms with Crippen molar-refractivity contribution < 1.29 is 0 Å². The standard InChI is InChI=1S/C42H32/c1-2-32-18-28-40(29-19-32)42(39-16-10-5-11-17-39)31-34-22-26-36(27-23-34)35-24-20-33(21-25-35)30-41(37-12-6-3-7-13-37)38-14-8-4-9-15-38/h2-31H,1H2/b42-31+. The summed E-state index contributed by atoms with van der Waals surface area (Å²) in [5.74, 6) is 0. The minimum Gasteiger partial charge on any atom is -0.0985 e. The van der Waals surface area contributed by atoms with Gasteiger partial charge in [-0.1, -0.05) is 176 Å². The highest BCUT2D eigenvalue weighted by molar-refractivity contribution is 5.93. The van der Waals surface area contributed by atoms with Crippen LogP contribution in [0.4, 0.5) is 0 Å². The first-order valence-corrected chi connectivity index (χ1v) is 14.3. The molecule has 0 aliphatic carbocycles. The smallest absolute Gasteiger partial charge is 0.0105 e. The van der Waals surface area contributed by atoms with Crippen LogP contribution in [0.5, 0.6) is 0 Å². The summed E-state index contributed by atoms with van der Waals surface area (Å²) in [4.78, 5) is 0. The van der Waals surface area contributed by atoms with Crippen molar-refractivity contribution in [2.24, 2.45) is 0 Å². The summed E-state index contributed by atoms with van der Waals surface area (Å²) in [6.07, 6.45) is 6.42. The molecule has 0 aliphatic rings. The van der Waals surface area contributed by atoms with E-state index in [1.54, 1.807) is 0 Å². The van der Waals surface area contributed by atoms with E-state index in [9.17, 15) is 0 Å². The molecule has 0 bridgehead atoms. The van der Waals surface area contributed by atoms with Gasteiger partial charge in [-0.25, -0.2) is 0 Å². The number of benzene rings is 6. The van der Waals surface area contributed by atoms with E-state index < -0.39 is 0 Å². The van der Waals surface area contributed by atoms with E-state index in [0.717, 1.165) is 5.56 Å². The maximum atomic E-state index is 3.89. The van der Waals surface area contributed by atoms with Crippen molar-refractivity contribution in [1.29, 1.82) is 0 Å². The van der Waals surface area contributed by atoms with Crippen molar-refractivity contribution >= 4 is 29.4 Å². The van der Waals surface area contributed by atoms with Crippen LogP contribution in [-0.4, -0.2) is 0 Å². The lowest BCUT2D eigenvalue weighted by Crippen LogP contribution is -1.89. The van der Waals surface area contributed by atoms with Crippen LogP contribution in [0.3, 0.4) is 0 Å². The maximum absolute atomic E-state index is 3.89. The van der Waals surface area contributed by atoms with Crippen LogP contribution in [0, 0.1) is 0 Å². The molecule has 0 radical (unpaired) electrons. The molecule has 0 unspecified atom stereocenters. The van der Waals surface area contributed by atoms with Gasteiger partial charge in [0.25, 0.3) is 0 Å². The third kappa shape index (κ3) is 6.30. The third-order valence-corrected chi connectivity index (χ3v) is 7.49. The van der Waals surface area contributed by atoms with E-state index in [2.05, 4.69) is 183 Å². The number of rotatable bonds is 8. The van der Waals surface area contributed by atoms with Crippen molar-refractivity contribution in [3.8, 4) is 11.1 Å². The van der Waals surface area contributed by atoms with Crippen LogP contribution in [0.25, 0.3) is 40.5 Å². The van der Waals surface area contributed by atoms with Gasteiger partial charge in [-0.2, -0.15) is 0 Å². The van der Waals surface area contributed by atoms with Crippen LogP contribution < -0.4 is 0 Å². The van der Waals surface area contributed by atoms with Gasteiger partial charge in [0.05, 0.1) is 0 Å². The quantitative estimate of drug-likeness (QED) is 0.170. The number of hydrogen-bond donors (Lipinski definition) is 0. The molecule has 0 nitrogen and oxygen atoms in total. The molecule has 6 aromatic carbocycles. The summed E-state index contributed by atoms with van der Waals surface area (Å²) in [5, 5.41) is 0. The molecule has 0 saturated heterocycles. The first-order chi connectivity index (χ1) is 20.8. The molecule has 0 heterocycles. The Morgan fingerprint density at radius 2 is 0.643 bits per heavy atom. The average molecular weight is 537 g/mol. The molecule has 0 heteroatoms. The van der Waals surface area contributed by atoms with E-state index in [1.165, 1.54) is 55.7 Å². The molecule has 0 atom stereocenters. The molecule has 0 fully saturated rings. The largest absolute Gasteiger partial charge is 0.0985 e. The van der Waals surface area contributed by atoms with Crippen LogP contribution in [0.2, 0.25) is 0 Å². The molecule has 0 saturated carbocycles. The Morgan fingerprint density at radius 3 is 0.976 bits per heavy atom. The van der Waals surface area contributed by atoms with Crippen LogP contribution >= 0.6 is 0 Å². The summed E-state index contributed by atoms with van der Waals surface area (Å²) in [5.41, 5.74) is 13.1. The molecule has 0 amide bonds. The zero-order valence-electron chi connectivity index (χ0n) is 23.5. The van der Waals surface area contributed by atoms with E-state index in [0.29, 0.717) is 0 Å². The Hall–Kier alpha value is -5.46. The van der Waals surface area contributed by atoms with E-state index in [-0.39, 0.29) is 0 Å². The van der Waals surface area contributed by atoms with Crippen molar-refractivity contribution in [2.75, 3.05) is 0 Å². The van der Waals surface area contributed by atoms with Crippen LogP contribution in [0.1, 0.15) is 38.9 Å². The number of hydrogen-bond acceptors (Lipinski definition) is 0. The second-order valence-electron chi connectivity index (χ2n) is 10.3. The van der Waals surface area contributed by atoms with Gasteiger partial charge in [-0.3, -0.25) is 0 Å². The molecule has 200 valence electrons. The SMILES string of the molecule is C=Cc1ccc(/C(=C/c2ccc(-c3ccc(C=C(c4ccccc4)c4ccccc4)cc3)cc2)c2ccccc2)cc1. The zero-order chi connectivity index (χ0) is 28.6. The highest BCUT2D eigenvalue weighted by Crippen LogP contribution is 2.29. The summed E-state index contributed by atoms with van der Waals surface area (Å²) in [7, 11) is 0. The lowest BCUT2D eigenvalue weighted by atomic mass is 9.94. The van der Waals surface area contributed by atoms with E-state index in [1.807, 2.05) is 6.08 Å². The molecule has 0 aliphatic heterocycles. The fraction of sp³-hybridized carbons (Fsp3) is 0. The normalized spacial score (nSPS) is 11.1. The van der Waals surface area contributed by atoms with E-state index >= 15 is 0 Å². The first-order valence-electron chi connectivity index (χ1n) is 14.3. The Balaban J connectivity index is 1.28. The predicted molar refractivity (Wildman–Crippen MR) is 182 cm³/mol. The van der Waals surface area contributed by atoms with Crippen molar-refractivity contribution in [1.82, 2.24) is 0 Å². The van der Waals surface area contributed by atoms with Gasteiger partial charge >= 0.3 is 0 Å². The minimum absolute atomic E-state index is 1.12. The first kappa shape index (κ1) is 26.7. The van der Waals surface area contributed by atoms with Gasteiger partial charge < -0.3 is 0 Å². The van der Waals surface area contributed by atoms with Gasteiger partial charge in [0.1, 0.15) is 0 Å². The predicted octanol–water partition coefficient (Wildman–Crippen LogP) is 11.2. The Kier molecular flexibility index (Phi) is 8.16. The summed E-state index contributed by atoms with van der Waals surface area (Å²) in [6, 6.07) is 57.9. The highest BCUT2D eigenvalue weighted by atomic mass is 14.1. The van der Waals surface area contributed by atoms with E-state index in [4.69, 9.17) is 0 Å². The monoisotopic (exact) mass is 536 g/mol.